The Morgan fingerprint density at radius 1 is 1.33 bits per heavy atom. The monoisotopic (exact) mass is 346 g/mol. The van der Waals surface area contributed by atoms with Crippen LogP contribution in [0.2, 0.25) is 0 Å². The molecule has 0 saturated carbocycles. The van der Waals surface area contributed by atoms with Gasteiger partial charge in [0, 0.05) is 24.1 Å². The number of methoxy groups -OCH3 is 1. The van der Waals surface area contributed by atoms with Gasteiger partial charge in [-0.3, -0.25) is 4.79 Å². The SMILES string of the molecule is COCC(NC(=O)c1cc2ccc(OC(F)(F)F)cc2[nH]1)C(=O)O. The predicted octanol–water partition coefficient (Wildman–Crippen LogP) is 1.90. The fourth-order valence-electron chi connectivity index (χ4n) is 2.00. The number of alkyl halides is 3. The molecule has 0 aliphatic carbocycles. The van der Waals surface area contributed by atoms with Crippen LogP contribution in [0, 0.1) is 0 Å². The molecular weight excluding hydrogens is 333 g/mol. The van der Waals surface area contributed by atoms with Crippen molar-refractivity contribution in [2.45, 2.75) is 12.4 Å². The first-order valence-electron chi connectivity index (χ1n) is 6.60. The topological polar surface area (TPSA) is 101 Å². The van der Waals surface area contributed by atoms with Crippen molar-refractivity contribution in [3.05, 3.63) is 30.0 Å². The zero-order chi connectivity index (χ0) is 17.9. The van der Waals surface area contributed by atoms with E-state index < -0.39 is 30.0 Å². The van der Waals surface area contributed by atoms with Gasteiger partial charge in [-0.2, -0.15) is 0 Å². The van der Waals surface area contributed by atoms with E-state index in [1.807, 2.05) is 0 Å². The molecule has 0 aliphatic rings. The molecule has 2 aromatic rings. The van der Waals surface area contributed by atoms with E-state index in [9.17, 15) is 22.8 Å². The number of ether oxygens (including phenoxy) is 2. The molecule has 2 rings (SSSR count). The fourth-order valence-corrected chi connectivity index (χ4v) is 2.00. The van der Waals surface area contributed by atoms with Gasteiger partial charge in [-0.05, 0) is 18.2 Å². The Hall–Kier alpha value is -2.75. The third-order valence-electron chi connectivity index (χ3n) is 3.01. The summed E-state index contributed by atoms with van der Waals surface area (Å²) in [7, 11) is 1.28. The van der Waals surface area contributed by atoms with E-state index in [1.54, 1.807) is 0 Å². The Labute approximate surface area is 133 Å². The quantitative estimate of drug-likeness (QED) is 0.742. The molecule has 0 saturated heterocycles. The third-order valence-corrected chi connectivity index (χ3v) is 3.01. The molecule has 0 radical (unpaired) electrons. The molecule has 1 aromatic heterocycles. The van der Waals surface area contributed by atoms with Crippen LogP contribution in [0.5, 0.6) is 5.75 Å². The van der Waals surface area contributed by atoms with E-state index in [2.05, 4.69) is 15.0 Å². The molecule has 0 fully saturated rings. The minimum Gasteiger partial charge on any atom is -0.480 e. The highest BCUT2D eigenvalue weighted by molar-refractivity contribution is 5.99. The van der Waals surface area contributed by atoms with E-state index in [1.165, 1.54) is 19.2 Å². The molecule has 0 spiro atoms. The van der Waals surface area contributed by atoms with Gasteiger partial charge >= 0.3 is 12.3 Å². The minimum absolute atomic E-state index is 0.00323. The van der Waals surface area contributed by atoms with Crippen molar-refractivity contribution in [3.8, 4) is 5.75 Å². The average molecular weight is 346 g/mol. The van der Waals surface area contributed by atoms with Crippen molar-refractivity contribution in [1.29, 1.82) is 0 Å². The van der Waals surface area contributed by atoms with Crippen LogP contribution >= 0.6 is 0 Å². The molecule has 0 aliphatic heterocycles. The first-order chi connectivity index (χ1) is 11.2. The summed E-state index contributed by atoms with van der Waals surface area (Å²) in [5.41, 5.74) is 0.233. The highest BCUT2D eigenvalue weighted by Crippen LogP contribution is 2.26. The number of aromatic amines is 1. The molecule has 3 N–H and O–H groups in total. The Morgan fingerprint density at radius 2 is 2.04 bits per heavy atom. The summed E-state index contributed by atoms with van der Waals surface area (Å²) in [4.78, 5) is 25.6. The van der Waals surface area contributed by atoms with Crippen molar-refractivity contribution < 1.29 is 37.3 Å². The first-order valence-corrected chi connectivity index (χ1v) is 6.60. The molecule has 130 valence electrons. The lowest BCUT2D eigenvalue weighted by atomic mass is 10.2. The molecular formula is C14H13F3N2O5. The van der Waals surface area contributed by atoms with Crippen molar-refractivity contribution in [2.24, 2.45) is 0 Å². The van der Waals surface area contributed by atoms with E-state index in [-0.39, 0.29) is 17.8 Å². The minimum atomic E-state index is -4.82. The largest absolute Gasteiger partial charge is 0.573 e. The van der Waals surface area contributed by atoms with Crippen LogP contribution in [0.1, 0.15) is 10.5 Å². The number of carbonyl (C=O) groups is 2. The number of amides is 1. The number of carbonyl (C=O) groups excluding carboxylic acids is 1. The molecule has 1 unspecified atom stereocenters. The highest BCUT2D eigenvalue weighted by atomic mass is 19.4. The zero-order valence-corrected chi connectivity index (χ0v) is 12.3. The molecule has 1 aromatic carbocycles. The van der Waals surface area contributed by atoms with Crippen LogP contribution in [0.25, 0.3) is 10.9 Å². The number of aromatic nitrogens is 1. The Kier molecular flexibility index (Phi) is 4.98. The maximum Gasteiger partial charge on any atom is 0.573 e. The Bertz CT molecular complexity index is 756. The van der Waals surface area contributed by atoms with Crippen LogP contribution in [0.4, 0.5) is 13.2 Å². The predicted molar refractivity (Wildman–Crippen MR) is 75.7 cm³/mol. The number of hydrogen-bond acceptors (Lipinski definition) is 4. The lowest BCUT2D eigenvalue weighted by Gasteiger charge is -2.12. The van der Waals surface area contributed by atoms with Gasteiger partial charge in [-0.15, -0.1) is 13.2 Å². The third kappa shape index (κ3) is 4.38. The number of rotatable bonds is 6. The molecule has 1 atom stereocenters. The van der Waals surface area contributed by atoms with Crippen LogP contribution < -0.4 is 10.1 Å². The van der Waals surface area contributed by atoms with Gasteiger partial charge in [0.2, 0.25) is 0 Å². The van der Waals surface area contributed by atoms with Crippen molar-refractivity contribution >= 4 is 22.8 Å². The number of carboxylic acid groups (broad SMARTS) is 1. The van der Waals surface area contributed by atoms with Crippen molar-refractivity contribution in [1.82, 2.24) is 10.3 Å². The van der Waals surface area contributed by atoms with Crippen molar-refractivity contribution in [3.63, 3.8) is 0 Å². The second kappa shape index (κ2) is 6.79. The van der Waals surface area contributed by atoms with Gasteiger partial charge in [0.1, 0.15) is 11.4 Å². The summed E-state index contributed by atoms with van der Waals surface area (Å²) in [6.07, 6.45) is -4.82. The van der Waals surface area contributed by atoms with Crippen LogP contribution in [-0.2, 0) is 9.53 Å². The van der Waals surface area contributed by atoms with Crippen molar-refractivity contribution in [2.75, 3.05) is 13.7 Å². The van der Waals surface area contributed by atoms with E-state index in [0.717, 1.165) is 12.1 Å². The maximum absolute atomic E-state index is 12.2. The maximum atomic E-state index is 12.2. The smallest absolute Gasteiger partial charge is 0.480 e. The van der Waals surface area contributed by atoms with E-state index in [0.29, 0.717) is 5.39 Å². The van der Waals surface area contributed by atoms with Crippen LogP contribution in [0.15, 0.2) is 24.3 Å². The van der Waals surface area contributed by atoms with Gasteiger partial charge in [0.05, 0.1) is 6.61 Å². The number of fused-ring (bicyclic) bond motifs is 1. The number of hydrogen-bond donors (Lipinski definition) is 3. The number of aliphatic carboxylic acids is 1. The summed E-state index contributed by atoms with van der Waals surface area (Å²) in [5, 5.41) is 11.7. The number of carboxylic acids is 1. The molecule has 1 amide bonds. The van der Waals surface area contributed by atoms with Crippen LogP contribution in [0.3, 0.4) is 0 Å². The standard InChI is InChI=1S/C14H13F3N2O5/c1-23-6-11(13(21)22)19-12(20)10-4-7-2-3-8(5-9(7)18-10)24-14(15,16)17/h2-5,11,18H,6H2,1H3,(H,19,20)(H,21,22). The highest BCUT2D eigenvalue weighted by Gasteiger charge is 2.31. The number of nitrogens with one attached hydrogen (secondary N) is 2. The summed E-state index contributed by atoms with van der Waals surface area (Å²) in [6.45, 7) is -0.231. The van der Waals surface area contributed by atoms with Gasteiger partial charge < -0.3 is 24.9 Å². The Morgan fingerprint density at radius 3 is 2.62 bits per heavy atom. The van der Waals surface area contributed by atoms with Gasteiger partial charge in [0.25, 0.3) is 5.91 Å². The molecule has 0 bridgehead atoms. The number of H-pyrrole nitrogens is 1. The summed E-state index contributed by atoms with van der Waals surface area (Å²) in [5.74, 6) is -2.44. The lowest BCUT2D eigenvalue weighted by molar-refractivity contribution is -0.274. The first kappa shape index (κ1) is 17.6. The second-order valence-corrected chi connectivity index (χ2v) is 4.80. The normalized spacial score (nSPS) is 12.8. The molecule has 1 heterocycles. The summed E-state index contributed by atoms with van der Waals surface area (Å²) < 4.78 is 45.1. The lowest BCUT2D eigenvalue weighted by Crippen LogP contribution is -2.43. The van der Waals surface area contributed by atoms with E-state index in [4.69, 9.17) is 9.84 Å². The average Bonchev–Trinajstić information content (AvgIpc) is 2.88. The van der Waals surface area contributed by atoms with Crippen LogP contribution in [-0.4, -0.2) is 48.1 Å². The zero-order valence-electron chi connectivity index (χ0n) is 12.3. The second-order valence-electron chi connectivity index (χ2n) is 4.80. The van der Waals surface area contributed by atoms with E-state index >= 15 is 0 Å². The molecule has 7 nitrogen and oxygen atoms in total. The van der Waals surface area contributed by atoms with Gasteiger partial charge in [-0.1, -0.05) is 0 Å². The van der Waals surface area contributed by atoms with Gasteiger partial charge in [-0.25, -0.2) is 4.79 Å². The molecule has 24 heavy (non-hydrogen) atoms. The fraction of sp³-hybridized carbons (Fsp3) is 0.286. The Balaban J connectivity index is 2.20. The molecule has 10 heteroatoms. The summed E-state index contributed by atoms with van der Waals surface area (Å²) in [6, 6.07) is 3.67. The van der Waals surface area contributed by atoms with Gasteiger partial charge in [0.15, 0.2) is 6.04 Å². The number of halogens is 3. The number of benzene rings is 1. The summed E-state index contributed by atoms with van der Waals surface area (Å²) >= 11 is 0.